The molecule has 1 aromatic rings. The maximum absolute atomic E-state index is 10.8. The molecular formula is C10H9ClO2. The minimum absolute atomic E-state index is 0.0650. The number of cyclic esters (lactones) is 1. The van der Waals surface area contributed by atoms with Gasteiger partial charge in [0.25, 0.3) is 0 Å². The van der Waals surface area contributed by atoms with Crippen LogP contribution in [0.15, 0.2) is 24.3 Å². The van der Waals surface area contributed by atoms with Gasteiger partial charge in [0.1, 0.15) is 6.10 Å². The number of esters is 1. The highest BCUT2D eigenvalue weighted by Crippen LogP contribution is 2.29. The molecule has 1 fully saturated rings. The third kappa shape index (κ3) is 1.83. The number of rotatable bonds is 1. The molecule has 0 amide bonds. The van der Waals surface area contributed by atoms with Crippen LogP contribution in [0.1, 0.15) is 24.5 Å². The molecule has 2 rings (SSSR count). The molecule has 1 aliphatic rings. The molecule has 0 N–H and O–H groups in total. The fourth-order valence-electron chi connectivity index (χ4n) is 1.44. The van der Waals surface area contributed by atoms with Crippen LogP contribution < -0.4 is 0 Å². The molecule has 1 aromatic carbocycles. The Labute approximate surface area is 81.5 Å². The molecule has 1 aliphatic heterocycles. The molecule has 0 unspecified atom stereocenters. The maximum atomic E-state index is 10.8. The van der Waals surface area contributed by atoms with Gasteiger partial charge in [-0.1, -0.05) is 23.7 Å². The summed E-state index contributed by atoms with van der Waals surface area (Å²) >= 11 is 5.74. The first-order chi connectivity index (χ1) is 6.25. The molecule has 0 radical (unpaired) electrons. The number of ether oxygens (including phenoxy) is 1. The SMILES string of the molecule is O=C1CC[C@H](c2ccc(Cl)cc2)O1. The van der Waals surface area contributed by atoms with Crippen molar-refractivity contribution in [1.82, 2.24) is 0 Å². The summed E-state index contributed by atoms with van der Waals surface area (Å²) in [4.78, 5) is 10.8. The van der Waals surface area contributed by atoms with Gasteiger partial charge in [0.15, 0.2) is 0 Å². The Kier molecular flexibility index (Phi) is 2.23. The average Bonchev–Trinajstić information content (AvgIpc) is 2.53. The van der Waals surface area contributed by atoms with E-state index < -0.39 is 0 Å². The minimum atomic E-state index is -0.111. The zero-order valence-corrected chi connectivity index (χ0v) is 7.75. The summed E-state index contributed by atoms with van der Waals surface area (Å²) < 4.78 is 5.11. The molecule has 1 atom stereocenters. The summed E-state index contributed by atoms with van der Waals surface area (Å²) in [5.74, 6) is -0.111. The van der Waals surface area contributed by atoms with E-state index in [1.807, 2.05) is 24.3 Å². The number of halogens is 1. The summed E-state index contributed by atoms with van der Waals surface area (Å²) in [6.07, 6.45) is 1.23. The Hall–Kier alpha value is -1.02. The van der Waals surface area contributed by atoms with Gasteiger partial charge in [-0.25, -0.2) is 0 Å². The summed E-state index contributed by atoms with van der Waals surface area (Å²) in [6, 6.07) is 7.41. The van der Waals surface area contributed by atoms with E-state index in [1.165, 1.54) is 0 Å². The second kappa shape index (κ2) is 3.38. The largest absolute Gasteiger partial charge is 0.457 e. The Balaban J connectivity index is 2.17. The molecule has 2 nitrogen and oxygen atoms in total. The van der Waals surface area contributed by atoms with Gasteiger partial charge in [0.05, 0.1) is 0 Å². The molecule has 3 heteroatoms. The first-order valence-electron chi connectivity index (χ1n) is 4.20. The predicted molar refractivity (Wildman–Crippen MR) is 49.5 cm³/mol. The fourth-order valence-corrected chi connectivity index (χ4v) is 1.56. The summed E-state index contributed by atoms with van der Waals surface area (Å²) in [5.41, 5.74) is 1.02. The van der Waals surface area contributed by atoms with Gasteiger partial charge in [-0.2, -0.15) is 0 Å². The van der Waals surface area contributed by atoms with Crippen LogP contribution >= 0.6 is 11.6 Å². The van der Waals surface area contributed by atoms with Gasteiger partial charge >= 0.3 is 5.97 Å². The molecule has 0 aliphatic carbocycles. The second-order valence-electron chi connectivity index (χ2n) is 3.07. The summed E-state index contributed by atoms with van der Waals surface area (Å²) in [5, 5.41) is 0.702. The van der Waals surface area contributed by atoms with E-state index in [2.05, 4.69) is 0 Å². The lowest BCUT2D eigenvalue weighted by molar-refractivity contribution is -0.141. The quantitative estimate of drug-likeness (QED) is 0.646. The molecule has 1 saturated heterocycles. The van der Waals surface area contributed by atoms with Gasteiger partial charge < -0.3 is 4.74 Å². The van der Waals surface area contributed by atoms with Gasteiger partial charge in [0, 0.05) is 11.4 Å². The third-order valence-electron chi connectivity index (χ3n) is 2.13. The number of hydrogen-bond acceptors (Lipinski definition) is 2. The van der Waals surface area contributed by atoms with Crippen molar-refractivity contribution in [3.8, 4) is 0 Å². The van der Waals surface area contributed by atoms with Crippen LogP contribution in [0.3, 0.4) is 0 Å². The van der Waals surface area contributed by atoms with E-state index >= 15 is 0 Å². The lowest BCUT2D eigenvalue weighted by atomic mass is 10.1. The molecule has 1 heterocycles. The molecule has 68 valence electrons. The molecular weight excluding hydrogens is 188 g/mol. The Morgan fingerprint density at radius 3 is 2.54 bits per heavy atom. The van der Waals surface area contributed by atoms with E-state index in [9.17, 15) is 4.79 Å². The van der Waals surface area contributed by atoms with E-state index in [-0.39, 0.29) is 12.1 Å². The molecule has 0 bridgehead atoms. The predicted octanol–water partition coefficient (Wildman–Crippen LogP) is 2.72. The van der Waals surface area contributed by atoms with Crippen molar-refractivity contribution in [3.05, 3.63) is 34.9 Å². The Morgan fingerprint density at radius 2 is 2.00 bits per heavy atom. The van der Waals surface area contributed by atoms with Crippen molar-refractivity contribution in [2.24, 2.45) is 0 Å². The monoisotopic (exact) mass is 196 g/mol. The van der Waals surface area contributed by atoms with Gasteiger partial charge in [0.2, 0.25) is 0 Å². The standard InChI is InChI=1S/C10H9ClO2/c11-8-3-1-7(2-4-8)9-5-6-10(12)13-9/h1-4,9H,5-6H2/t9-/m1/s1. The second-order valence-corrected chi connectivity index (χ2v) is 3.51. The van der Waals surface area contributed by atoms with Crippen LogP contribution in [0.2, 0.25) is 5.02 Å². The van der Waals surface area contributed by atoms with Crippen LogP contribution in [0.25, 0.3) is 0 Å². The van der Waals surface area contributed by atoms with Crippen molar-refractivity contribution in [2.75, 3.05) is 0 Å². The van der Waals surface area contributed by atoms with E-state index in [4.69, 9.17) is 16.3 Å². The lowest BCUT2D eigenvalue weighted by Gasteiger charge is -2.08. The van der Waals surface area contributed by atoms with Crippen molar-refractivity contribution < 1.29 is 9.53 Å². The summed E-state index contributed by atoms with van der Waals surface area (Å²) in [6.45, 7) is 0. The average molecular weight is 197 g/mol. The van der Waals surface area contributed by atoms with Crippen LogP contribution in [-0.4, -0.2) is 5.97 Å². The minimum Gasteiger partial charge on any atom is -0.457 e. The van der Waals surface area contributed by atoms with Crippen LogP contribution in [0, 0.1) is 0 Å². The van der Waals surface area contributed by atoms with Crippen LogP contribution in [-0.2, 0) is 9.53 Å². The molecule has 13 heavy (non-hydrogen) atoms. The highest BCUT2D eigenvalue weighted by molar-refractivity contribution is 6.30. The Bertz CT molecular complexity index is 318. The van der Waals surface area contributed by atoms with Crippen LogP contribution in [0.5, 0.6) is 0 Å². The fraction of sp³-hybridized carbons (Fsp3) is 0.300. The van der Waals surface area contributed by atoms with Crippen LogP contribution in [0.4, 0.5) is 0 Å². The summed E-state index contributed by atoms with van der Waals surface area (Å²) in [7, 11) is 0. The smallest absolute Gasteiger partial charge is 0.306 e. The van der Waals surface area contributed by atoms with Gasteiger partial charge in [-0.05, 0) is 24.1 Å². The molecule has 0 aromatic heterocycles. The number of carbonyl (C=O) groups excluding carboxylic acids is 1. The number of benzene rings is 1. The zero-order chi connectivity index (χ0) is 9.26. The van der Waals surface area contributed by atoms with Crippen molar-refractivity contribution in [1.29, 1.82) is 0 Å². The lowest BCUT2D eigenvalue weighted by Crippen LogP contribution is -1.97. The Morgan fingerprint density at radius 1 is 1.31 bits per heavy atom. The zero-order valence-electron chi connectivity index (χ0n) is 7.00. The topological polar surface area (TPSA) is 26.3 Å². The number of carbonyl (C=O) groups is 1. The van der Waals surface area contributed by atoms with Crippen molar-refractivity contribution in [2.45, 2.75) is 18.9 Å². The molecule has 0 spiro atoms. The van der Waals surface area contributed by atoms with Gasteiger partial charge in [-0.3, -0.25) is 4.79 Å². The maximum Gasteiger partial charge on any atom is 0.306 e. The van der Waals surface area contributed by atoms with Gasteiger partial charge in [-0.15, -0.1) is 0 Å². The van der Waals surface area contributed by atoms with E-state index in [0.717, 1.165) is 12.0 Å². The molecule has 0 saturated carbocycles. The third-order valence-corrected chi connectivity index (χ3v) is 2.38. The highest BCUT2D eigenvalue weighted by Gasteiger charge is 2.24. The highest BCUT2D eigenvalue weighted by atomic mass is 35.5. The van der Waals surface area contributed by atoms with Crippen molar-refractivity contribution in [3.63, 3.8) is 0 Å². The van der Waals surface area contributed by atoms with E-state index in [1.54, 1.807) is 0 Å². The normalized spacial score (nSPS) is 21.6. The first kappa shape index (κ1) is 8.57. The van der Waals surface area contributed by atoms with Crippen molar-refractivity contribution >= 4 is 17.6 Å². The first-order valence-corrected chi connectivity index (χ1v) is 4.58. The van der Waals surface area contributed by atoms with E-state index in [0.29, 0.717) is 11.4 Å². The number of hydrogen-bond donors (Lipinski definition) is 0.